The number of amides is 1. The summed E-state index contributed by atoms with van der Waals surface area (Å²) in [5, 5.41) is 4.29. The number of nitrogens with one attached hydrogen (secondary N) is 3. The number of benzene rings is 2. The quantitative estimate of drug-likeness (QED) is 0.502. The van der Waals surface area contributed by atoms with Crippen LogP contribution in [-0.2, 0) is 17.8 Å². The van der Waals surface area contributed by atoms with E-state index in [1.807, 2.05) is 0 Å². The molecule has 32 heavy (non-hydrogen) atoms. The summed E-state index contributed by atoms with van der Waals surface area (Å²) < 4.78 is 18.4. The lowest BCUT2D eigenvalue weighted by Gasteiger charge is -2.15. The number of ether oxygens (including phenoxy) is 3. The Morgan fingerprint density at radius 3 is 2.44 bits per heavy atom. The molecule has 2 aromatic carbocycles. The summed E-state index contributed by atoms with van der Waals surface area (Å²) >= 11 is 0. The number of aryl methyl sites for hydroxylation is 1. The van der Waals surface area contributed by atoms with Crippen LogP contribution in [0.3, 0.4) is 0 Å². The number of hydrogen-bond donors (Lipinski definition) is 3. The lowest BCUT2D eigenvalue weighted by molar-refractivity contribution is -0.121. The van der Waals surface area contributed by atoms with Gasteiger partial charge in [-0.25, -0.2) is 10.9 Å². The third-order valence-corrected chi connectivity index (χ3v) is 5.84. The number of hydrazine groups is 1. The number of carbonyl (C=O) groups excluding carboxylic acids is 1. The summed E-state index contributed by atoms with van der Waals surface area (Å²) in [6, 6.07) is 14.3. The Morgan fingerprint density at radius 1 is 1.06 bits per heavy atom. The predicted octanol–water partition coefficient (Wildman–Crippen LogP) is 2.91. The first-order valence-corrected chi connectivity index (χ1v) is 10.7. The van der Waals surface area contributed by atoms with Gasteiger partial charge in [-0.05, 0) is 42.1 Å². The molecule has 3 N–H and O–H groups in total. The third-order valence-electron chi connectivity index (χ3n) is 5.84. The van der Waals surface area contributed by atoms with E-state index in [1.54, 1.807) is 33.5 Å². The molecule has 4 rings (SSSR count). The molecule has 3 aromatic rings. The second kappa shape index (κ2) is 9.50. The fraction of sp³-hybridized carbons (Fsp3) is 0.375. The molecular weight excluding hydrogens is 408 g/mol. The number of methoxy groups -OCH3 is 3. The normalized spacial score (nSPS) is 18.0. The third kappa shape index (κ3) is 4.24. The Bertz CT molecular complexity index is 1090. The molecular formula is C24H30N4O4. The average molecular weight is 439 g/mol. The van der Waals surface area contributed by atoms with E-state index in [0.29, 0.717) is 17.2 Å². The molecule has 1 aromatic heterocycles. The Balaban J connectivity index is 1.43. The van der Waals surface area contributed by atoms with E-state index in [2.05, 4.69) is 58.0 Å². The molecule has 2 unspecified atom stereocenters. The summed E-state index contributed by atoms with van der Waals surface area (Å²) in [7, 11) is 4.68. The molecule has 0 bridgehead atoms. The number of para-hydroxylation sites is 1. The molecule has 170 valence electrons. The standard InChI is InChI=1S/C24H30N4O4/c1-5-28-18-9-7-6-8-16(18)13-19(28)17-14-22(27-26-17)25-23(29)12-15-10-20(30-2)24(32-4)21(11-15)31-3/h6-11,13,17,22,26-27H,5,12,14H2,1-4H3,(H,25,29). The lowest BCUT2D eigenvalue weighted by Crippen LogP contribution is -2.44. The van der Waals surface area contributed by atoms with Gasteiger partial charge in [0.2, 0.25) is 11.7 Å². The highest BCUT2D eigenvalue weighted by Crippen LogP contribution is 2.38. The zero-order valence-corrected chi connectivity index (χ0v) is 18.9. The summed E-state index contributed by atoms with van der Waals surface area (Å²) in [6.07, 6.45) is 0.782. The van der Waals surface area contributed by atoms with E-state index in [9.17, 15) is 4.79 Å². The van der Waals surface area contributed by atoms with Gasteiger partial charge in [0.15, 0.2) is 11.5 Å². The average Bonchev–Trinajstić information content (AvgIpc) is 3.42. The minimum Gasteiger partial charge on any atom is -0.493 e. The van der Waals surface area contributed by atoms with E-state index >= 15 is 0 Å². The number of nitrogens with zero attached hydrogens (tertiary/aromatic N) is 1. The molecule has 8 heteroatoms. The van der Waals surface area contributed by atoms with Gasteiger partial charge in [-0.2, -0.15) is 0 Å². The second-order valence-electron chi connectivity index (χ2n) is 7.78. The summed E-state index contributed by atoms with van der Waals surface area (Å²) in [4.78, 5) is 12.7. The number of hydrogen-bond acceptors (Lipinski definition) is 6. The number of rotatable bonds is 8. The molecule has 0 aliphatic carbocycles. The Hall–Kier alpha value is -3.23. The van der Waals surface area contributed by atoms with Crippen molar-refractivity contribution in [1.29, 1.82) is 0 Å². The predicted molar refractivity (Wildman–Crippen MR) is 123 cm³/mol. The molecule has 2 atom stereocenters. The van der Waals surface area contributed by atoms with Crippen molar-refractivity contribution < 1.29 is 19.0 Å². The Kier molecular flexibility index (Phi) is 6.53. The van der Waals surface area contributed by atoms with Crippen LogP contribution in [0.15, 0.2) is 42.5 Å². The topological polar surface area (TPSA) is 85.8 Å². The Morgan fingerprint density at radius 2 is 1.78 bits per heavy atom. The van der Waals surface area contributed by atoms with Crippen LogP contribution in [-0.4, -0.2) is 38.0 Å². The van der Waals surface area contributed by atoms with E-state index in [0.717, 1.165) is 18.5 Å². The smallest absolute Gasteiger partial charge is 0.225 e. The maximum Gasteiger partial charge on any atom is 0.225 e. The fourth-order valence-electron chi connectivity index (χ4n) is 4.39. The molecule has 0 radical (unpaired) electrons. The highest BCUT2D eigenvalue weighted by atomic mass is 16.5. The van der Waals surface area contributed by atoms with Crippen LogP contribution in [0.1, 0.15) is 30.6 Å². The zero-order chi connectivity index (χ0) is 22.7. The number of aromatic nitrogens is 1. The number of fused-ring (bicyclic) bond motifs is 1. The van der Waals surface area contributed by atoms with Gasteiger partial charge in [0.05, 0.1) is 40.0 Å². The molecule has 1 aliphatic rings. The summed E-state index contributed by atoms with van der Waals surface area (Å²) in [6.45, 7) is 3.04. The van der Waals surface area contributed by atoms with Crippen LogP contribution in [0, 0.1) is 0 Å². The van der Waals surface area contributed by atoms with Crippen LogP contribution in [0.2, 0.25) is 0 Å². The molecule has 0 spiro atoms. The van der Waals surface area contributed by atoms with Gasteiger partial charge in [-0.15, -0.1) is 0 Å². The Labute approximate surface area is 187 Å². The van der Waals surface area contributed by atoms with Gasteiger partial charge in [0.1, 0.15) is 0 Å². The molecule has 0 saturated carbocycles. The van der Waals surface area contributed by atoms with Gasteiger partial charge in [-0.3, -0.25) is 4.79 Å². The van der Waals surface area contributed by atoms with Gasteiger partial charge < -0.3 is 24.1 Å². The van der Waals surface area contributed by atoms with Crippen molar-refractivity contribution in [3.63, 3.8) is 0 Å². The van der Waals surface area contributed by atoms with Gasteiger partial charge in [0, 0.05) is 24.2 Å². The van der Waals surface area contributed by atoms with Gasteiger partial charge in [0.25, 0.3) is 0 Å². The highest BCUT2D eigenvalue weighted by Gasteiger charge is 2.29. The first kappa shape index (κ1) is 22.0. The van der Waals surface area contributed by atoms with E-state index in [-0.39, 0.29) is 24.5 Å². The summed E-state index contributed by atoms with van der Waals surface area (Å²) in [5.74, 6) is 1.48. The van der Waals surface area contributed by atoms with Crippen LogP contribution in [0.5, 0.6) is 17.2 Å². The van der Waals surface area contributed by atoms with Crippen LogP contribution in [0.4, 0.5) is 0 Å². The lowest BCUT2D eigenvalue weighted by atomic mass is 10.1. The minimum atomic E-state index is -0.169. The minimum absolute atomic E-state index is 0.0877. The van der Waals surface area contributed by atoms with E-state index < -0.39 is 0 Å². The number of carbonyl (C=O) groups is 1. The van der Waals surface area contributed by atoms with Crippen molar-refractivity contribution in [2.75, 3.05) is 21.3 Å². The van der Waals surface area contributed by atoms with E-state index in [1.165, 1.54) is 16.6 Å². The van der Waals surface area contributed by atoms with Crippen molar-refractivity contribution >= 4 is 16.8 Å². The van der Waals surface area contributed by atoms with Crippen molar-refractivity contribution in [3.8, 4) is 17.2 Å². The zero-order valence-electron chi connectivity index (χ0n) is 18.9. The maximum absolute atomic E-state index is 12.7. The highest BCUT2D eigenvalue weighted by molar-refractivity contribution is 5.81. The van der Waals surface area contributed by atoms with Gasteiger partial charge >= 0.3 is 0 Å². The van der Waals surface area contributed by atoms with Crippen LogP contribution in [0.25, 0.3) is 10.9 Å². The SMILES string of the molecule is CCn1c(C2CC(NC(=O)Cc3cc(OC)c(OC)c(OC)c3)NN2)cc2ccccc21. The largest absolute Gasteiger partial charge is 0.493 e. The fourth-order valence-corrected chi connectivity index (χ4v) is 4.39. The molecule has 1 fully saturated rings. The molecule has 1 amide bonds. The van der Waals surface area contributed by atoms with Crippen molar-refractivity contribution in [3.05, 3.63) is 53.7 Å². The van der Waals surface area contributed by atoms with Gasteiger partial charge in [-0.1, -0.05) is 18.2 Å². The van der Waals surface area contributed by atoms with E-state index in [4.69, 9.17) is 14.2 Å². The molecule has 1 saturated heterocycles. The van der Waals surface area contributed by atoms with Crippen molar-refractivity contribution in [2.45, 2.75) is 38.5 Å². The molecule has 1 aliphatic heterocycles. The molecule has 8 nitrogen and oxygen atoms in total. The van der Waals surface area contributed by atoms with Crippen molar-refractivity contribution in [1.82, 2.24) is 20.7 Å². The monoisotopic (exact) mass is 438 g/mol. The summed E-state index contributed by atoms with van der Waals surface area (Å²) in [5.41, 5.74) is 9.77. The first-order chi connectivity index (χ1) is 15.6. The molecule has 2 heterocycles. The second-order valence-corrected chi connectivity index (χ2v) is 7.78. The van der Waals surface area contributed by atoms with Crippen LogP contribution >= 0.6 is 0 Å². The first-order valence-electron chi connectivity index (χ1n) is 10.7. The van der Waals surface area contributed by atoms with Crippen LogP contribution < -0.4 is 30.4 Å². The maximum atomic E-state index is 12.7. The van der Waals surface area contributed by atoms with Crippen molar-refractivity contribution in [2.24, 2.45) is 0 Å².